The van der Waals surface area contributed by atoms with Crippen molar-refractivity contribution in [2.75, 3.05) is 32.1 Å². The van der Waals surface area contributed by atoms with Crippen LogP contribution >= 0.6 is 0 Å². The fourth-order valence-electron chi connectivity index (χ4n) is 2.68. The number of rotatable bonds is 5. The molecule has 0 saturated carbocycles. The van der Waals surface area contributed by atoms with Crippen molar-refractivity contribution in [1.29, 1.82) is 0 Å². The Bertz CT molecular complexity index is 545. The second-order valence-corrected chi connectivity index (χ2v) is 7.48. The van der Waals surface area contributed by atoms with Crippen LogP contribution in [0.1, 0.15) is 30.9 Å². The molecule has 3 heterocycles. The Kier molecular flexibility index (Phi) is 4.04. The van der Waals surface area contributed by atoms with Crippen LogP contribution in [-0.4, -0.2) is 59.8 Å². The van der Waals surface area contributed by atoms with Crippen LogP contribution in [0.4, 0.5) is 0 Å². The molecule has 0 radical (unpaired) electrons. The van der Waals surface area contributed by atoms with Crippen LogP contribution < -0.4 is 0 Å². The zero-order valence-corrected chi connectivity index (χ0v) is 12.3. The van der Waals surface area contributed by atoms with Gasteiger partial charge in [-0.1, -0.05) is 5.21 Å². The quantitative estimate of drug-likeness (QED) is 0.777. The topological polar surface area (TPSA) is 77.3 Å². The van der Waals surface area contributed by atoms with Gasteiger partial charge >= 0.3 is 0 Å². The molecule has 3 rings (SSSR count). The van der Waals surface area contributed by atoms with Gasteiger partial charge in [-0.15, -0.1) is 5.10 Å². The van der Waals surface area contributed by atoms with Crippen LogP contribution in [0.3, 0.4) is 0 Å². The Morgan fingerprint density at radius 3 is 2.85 bits per heavy atom. The maximum atomic E-state index is 12.1. The molecule has 2 aliphatic rings. The van der Waals surface area contributed by atoms with Gasteiger partial charge in [0.25, 0.3) is 0 Å². The lowest BCUT2D eigenvalue weighted by Gasteiger charge is -2.14. The van der Waals surface area contributed by atoms with Crippen LogP contribution in [0.15, 0.2) is 6.20 Å². The number of ether oxygens (including phenoxy) is 1. The van der Waals surface area contributed by atoms with Crippen LogP contribution in [-0.2, 0) is 21.3 Å². The predicted octanol–water partition coefficient (Wildman–Crippen LogP) is 0.208. The summed E-state index contributed by atoms with van der Waals surface area (Å²) in [6.45, 7) is 3.12. The predicted molar refractivity (Wildman–Crippen MR) is 72.8 cm³/mol. The van der Waals surface area contributed by atoms with E-state index in [4.69, 9.17) is 4.74 Å². The number of nitrogens with zero attached hydrogens (tertiary/aromatic N) is 4. The smallest absolute Gasteiger partial charge is 0.215 e. The summed E-state index contributed by atoms with van der Waals surface area (Å²) in [5, 5.41) is 8.14. The lowest BCUT2D eigenvalue weighted by atomic mass is 10.1. The van der Waals surface area contributed by atoms with Crippen molar-refractivity contribution in [1.82, 2.24) is 19.3 Å². The van der Waals surface area contributed by atoms with Gasteiger partial charge in [0, 0.05) is 31.8 Å². The van der Waals surface area contributed by atoms with Crippen LogP contribution in [0, 0.1) is 0 Å². The molecule has 7 nitrogen and oxygen atoms in total. The van der Waals surface area contributed by atoms with Gasteiger partial charge in [0.05, 0.1) is 24.6 Å². The third kappa shape index (κ3) is 3.02. The Labute approximate surface area is 118 Å². The molecule has 2 aliphatic heterocycles. The molecule has 1 atom stereocenters. The Morgan fingerprint density at radius 1 is 1.35 bits per heavy atom. The summed E-state index contributed by atoms with van der Waals surface area (Å²) in [5.74, 6) is 0.399. The van der Waals surface area contributed by atoms with E-state index in [1.165, 1.54) is 0 Å². The monoisotopic (exact) mass is 300 g/mol. The van der Waals surface area contributed by atoms with Gasteiger partial charge < -0.3 is 4.74 Å². The van der Waals surface area contributed by atoms with E-state index in [-0.39, 0.29) is 5.75 Å². The first kappa shape index (κ1) is 14.0. The van der Waals surface area contributed by atoms with E-state index >= 15 is 0 Å². The van der Waals surface area contributed by atoms with E-state index in [1.54, 1.807) is 8.99 Å². The summed E-state index contributed by atoms with van der Waals surface area (Å²) in [7, 11) is -3.15. The molecule has 1 aromatic rings. The first-order chi connectivity index (χ1) is 9.65. The largest absolute Gasteiger partial charge is 0.381 e. The van der Waals surface area contributed by atoms with E-state index in [0.717, 1.165) is 31.6 Å². The minimum Gasteiger partial charge on any atom is -0.381 e. The van der Waals surface area contributed by atoms with Crippen molar-refractivity contribution >= 4 is 10.0 Å². The summed E-state index contributed by atoms with van der Waals surface area (Å²) in [6.07, 6.45) is 4.74. The van der Waals surface area contributed by atoms with Gasteiger partial charge in [-0.2, -0.15) is 0 Å². The van der Waals surface area contributed by atoms with Gasteiger partial charge in [-0.3, -0.25) is 4.68 Å². The summed E-state index contributed by atoms with van der Waals surface area (Å²) in [6, 6.07) is 0. The molecule has 0 bridgehead atoms. The molecular formula is C12H20N4O3S. The number of hydrogen-bond donors (Lipinski definition) is 0. The van der Waals surface area contributed by atoms with Gasteiger partial charge in [-0.25, -0.2) is 12.7 Å². The molecule has 0 spiro atoms. The maximum Gasteiger partial charge on any atom is 0.215 e. The highest BCUT2D eigenvalue weighted by Crippen LogP contribution is 2.22. The highest BCUT2D eigenvalue weighted by atomic mass is 32.2. The Morgan fingerprint density at radius 2 is 2.15 bits per heavy atom. The first-order valence-electron chi connectivity index (χ1n) is 7.11. The first-order valence-corrected chi connectivity index (χ1v) is 8.72. The van der Waals surface area contributed by atoms with Crippen molar-refractivity contribution in [3.8, 4) is 0 Å². The summed E-state index contributed by atoms with van der Waals surface area (Å²) >= 11 is 0. The second kappa shape index (κ2) is 5.79. The van der Waals surface area contributed by atoms with Gasteiger partial charge in [0.1, 0.15) is 0 Å². The maximum absolute atomic E-state index is 12.1. The summed E-state index contributed by atoms with van der Waals surface area (Å²) < 4.78 is 32.8. The van der Waals surface area contributed by atoms with Crippen molar-refractivity contribution in [2.24, 2.45) is 0 Å². The van der Waals surface area contributed by atoms with Crippen molar-refractivity contribution in [3.05, 3.63) is 11.9 Å². The van der Waals surface area contributed by atoms with Crippen molar-refractivity contribution < 1.29 is 13.2 Å². The third-order valence-electron chi connectivity index (χ3n) is 3.94. The average Bonchev–Trinajstić information content (AvgIpc) is 3.16. The molecule has 2 saturated heterocycles. The normalized spacial score (nSPS) is 24.5. The molecular weight excluding hydrogens is 280 g/mol. The number of aromatic nitrogens is 3. The molecule has 0 aliphatic carbocycles. The van der Waals surface area contributed by atoms with Gasteiger partial charge in [0.15, 0.2) is 0 Å². The van der Waals surface area contributed by atoms with Gasteiger partial charge in [-0.05, 0) is 19.3 Å². The SMILES string of the molecule is O=S(=O)(CCn1cc([C@H]2CCOC2)nn1)N1CCCC1. The Balaban J connectivity index is 1.58. The fraction of sp³-hybridized carbons (Fsp3) is 0.833. The molecule has 112 valence electrons. The van der Waals surface area contributed by atoms with Crippen molar-refractivity contribution in [2.45, 2.75) is 31.7 Å². The van der Waals surface area contributed by atoms with Crippen LogP contribution in [0.5, 0.6) is 0 Å². The fourth-order valence-corrected chi connectivity index (χ4v) is 4.17. The number of aryl methyl sites for hydroxylation is 1. The van der Waals surface area contributed by atoms with E-state index in [1.807, 2.05) is 6.20 Å². The molecule has 2 fully saturated rings. The highest BCUT2D eigenvalue weighted by molar-refractivity contribution is 7.89. The molecule has 0 N–H and O–H groups in total. The minimum atomic E-state index is -3.15. The number of hydrogen-bond acceptors (Lipinski definition) is 5. The van der Waals surface area contributed by atoms with E-state index in [2.05, 4.69) is 10.3 Å². The molecule has 8 heteroatoms. The zero-order valence-electron chi connectivity index (χ0n) is 11.4. The highest BCUT2D eigenvalue weighted by Gasteiger charge is 2.25. The van der Waals surface area contributed by atoms with Gasteiger partial charge in [0.2, 0.25) is 10.0 Å². The molecule has 0 unspecified atom stereocenters. The molecule has 20 heavy (non-hydrogen) atoms. The van der Waals surface area contributed by atoms with Crippen LogP contribution in [0.2, 0.25) is 0 Å². The molecule has 1 aromatic heterocycles. The van der Waals surface area contributed by atoms with E-state index in [9.17, 15) is 8.42 Å². The van der Waals surface area contributed by atoms with Crippen molar-refractivity contribution in [3.63, 3.8) is 0 Å². The second-order valence-electron chi connectivity index (χ2n) is 5.39. The Hall–Kier alpha value is -0.990. The zero-order chi connectivity index (χ0) is 14.0. The number of sulfonamides is 1. The van der Waals surface area contributed by atoms with E-state index in [0.29, 0.717) is 32.2 Å². The molecule has 0 aromatic carbocycles. The summed E-state index contributed by atoms with van der Waals surface area (Å²) in [5.41, 5.74) is 0.904. The third-order valence-corrected chi connectivity index (χ3v) is 5.79. The average molecular weight is 300 g/mol. The lowest BCUT2D eigenvalue weighted by Crippen LogP contribution is -2.31. The van der Waals surface area contributed by atoms with Crippen LogP contribution in [0.25, 0.3) is 0 Å². The lowest BCUT2D eigenvalue weighted by molar-refractivity contribution is 0.193. The standard InChI is InChI=1S/C12H20N4O3S/c17-20(18,16-4-1-2-5-16)8-6-15-9-12(13-14-15)11-3-7-19-10-11/h9,11H,1-8,10H2/t11-/m0/s1. The minimum absolute atomic E-state index is 0.0942. The summed E-state index contributed by atoms with van der Waals surface area (Å²) in [4.78, 5) is 0. The molecule has 0 amide bonds. The van der Waals surface area contributed by atoms with E-state index < -0.39 is 10.0 Å².